The topological polar surface area (TPSA) is 29.3 Å². The van der Waals surface area contributed by atoms with Crippen molar-refractivity contribution in [2.45, 2.75) is 66.5 Å². The first-order chi connectivity index (χ1) is 9.35. The van der Waals surface area contributed by atoms with Crippen molar-refractivity contribution in [1.29, 1.82) is 0 Å². The number of hydrogen-bond acceptors (Lipinski definition) is 2. The molecule has 1 rings (SSSR count). The van der Waals surface area contributed by atoms with Crippen molar-refractivity contribution in [2.24, 2.45) is 11.7 Å². The van der Waals surface area contributed by atoms with Crippen molar-refractivity contribution in [3.63, 3.8) is 0 Å². The van der Waals surface area contributed by atoms with Gasteiger partial charge >= 0.3 is 0 Å². The molecule has 0 radical (unpaired) electrons. The van der Waals surface area contributed by atoms with Crippen LogP contribution in [0.2, 0.25) is 0 Å². The Balaban J connectivity index is 3.12. The van der Waals surface area contributed by atoms with Crippen LogP contribution in [0.3, 0.4) is 0 Å². The van der Waals surface area contributed by atoms with E-state index in [4.69, 9.17) is 5.73 Å². The molecule has 114 valence electrons. The predicted molar refractivity (Wildman–Crippen MR) is 90.5 cm³/mol. The lowest BCUT2D eigenvalue weighted by Gasteiger charge is -2.33. The van der Waals surface area contributed by atoms with Gasteiger partial charge in [0.25, 0.3) is 0 Å². The van der Waals surface area contributed by atoms with Gasteiger partial charge in [-0.2, -0.15) is 0 Å². The summed E-state index contributed by atoms with van der Waals surface area (Å²) in [5.74, 6) is 0.659. The summed E-state index contributed by atoms with van der Waals surface area (Å²) in [6.07, 6.45) is 1.99. The van der Waals surface area contributed by atoms with Gasteiger partial charge in [0.1, 0.15) is 0 Å². The highest BCUT2D eigenvalue weighted by atomic mass is 15.2. The first-order valence-corrected chi connectivity index (χ1v) is 7.96. The molecule has 0 bridgehead atoms. The van der Waals surface area contributed by atoms with Crippen molar-refractivity contribution in [3.8, 4) is 0 Å². The molecule has 0 saturated heterocycles. The molecule has 1 atom stereocenters. The summed E-state index contributed by atoms with van der Waals surface area (Å²) in [7, 11) is 0. The van der Waals surface area contributed by atoms with Crippen LogP contribution in [0, 0.1) is 12.8 Å². The second-order valence-electron chi connectivity index (χ2n) is 6.64. The molecule has 2 heteroatoms. The van der Waals surface area contributed by atoms with Crippen LogP contribution in [-0.4, -0.2) is 18.6 Å². The van der Waals surface area contributed by atoms with E-state index in [2.05, 4.69) is 64.6 Å². The molecule has 0 aliphatic heterocycles. The first-order valence-electron chi connectivity index (χ1n) is 7.96. The molecule has 0 aliphatic carbocycles. The largest absolute Gasteiger partial charge is 0.369 e. The van der Waals surface area contributed by atoms with E-state index in [1.54, 1.807) is 0 Å². The summed E-state index contributed by atoms with van der Waals surface area (Å²) < 4.78 is 0. The van der Waals surface area contributed by atoms with Gasteiger partial charge in [0.15, 0.2) is 0 Å². The van der Waals surface area contributed by atoms with E-state index in [0.717, 1.165) is 19.4 Å². The lowest BCUT2D eigenvalue weighted by molar-refractivity contribution is 0.566. The van der Waals surface area contributed by atoms with Crippen LogP contribution < -0.4 is 10.6 Å². The predicted octanol–water partition coefficient (Wildman–Crippen LogP) is 4.15. The Kier molecular flexibility index (Phi) is 6.54. The van der Waals surface area contributed by atoms with Crippen LogP contribution in [-0.2, 0) is 6.42 Å². The molecule has 1 aromatic carbocycles. The maximum atomic E-state index is 6.18. The summed E-state index contributed by atoms with van der Waals surface area (Å²) >= 11 is 0. The SMILES string of the molecule is CCC(N)Cc1cc(C)ccc1N(CC(C)C)C(C)C. The number of anilines is 1. The van der Waals surface area contributed by atoms with E-state index < -0.39 is 0 Å². The Hall–Kier alpha value is -1.02. The zero-order chi connectivity index (χ0) is 15.3. The summed E-state index contributed by atoms with van der Waals surface area (Å²) in [6, 6.07) is 7.56. The smallest absolute Gasteiger partial charge is 0.0401 e. The summed E-state index contributed by atoms with van der Waals surface area (Å²) in [6.45, 7) is 14.5. The minimum absolute atomic E-state index is 0.253. The van der Waals surface area contributed by atoms with Crippen molar-refractivity contribution in [2.75, 3.05) is 11.4 Å². The fraction of sp³-hybridized carbons (Fsp3) is 0.667. The van der Waals surface area contributed by atoms with E-state index in [0.29, 0.717) is 12.0 Å². The quantitative estimate of drug-likeness (QED) is 0.811. The molecule has 0 aliphatic rings. The molecule has 0 fully saturated rings. The second kappa shape index (κ2) is 7.68. The van der Waals surface area contributed by atoms with Gasteiger partial charge < -0.3 is 10.6 Å². The monoisotopic (exact) mass is 276 g/mol. The fourth-order valence-electron chi connectivity index (χ4n) is 2.57. The minimum atomic E-state index is 0.253. The molecule has 0 heterocycles. The molecule has 1 unspecified atom stereocenters. The molecule has 20 heavy (non-hydrogen) atoms. The summed E-state index contributed by atoms with van der Waals surface area (Å²) in [5, 5.41) is 0. The van der Waals surface area contributed by atoms with Crippen molar-refractivity contribution in [3.05, 3.63) is 29.3 Å². The Morgan fingerprint density at radius 1 is 1.15 bits per heavy atom. The highest BCUT2D eigenvalue weighted by molar-refractivity contribution is 5.56. The molecule has 1 aromatic rings. The zero-order valence-electron chi connectivity index (χ0n) is 14.1. The highest BCUT2D eigenvalue weighted by Crippen LogP contribution is 2.26. The van der Waals surface area contributed by atoms with Crippen LogP contribution in [0.25, 0.3) is 0 Å². The van der Waals surface area contributed by atoms with Gasteiger partial charge in [0, 0.05) is 24.3 Å². The van der Waals surface area contributed by atoms with E-state index in [9.17, 15) is 0 Å². The van der Waals surface area contributed by atoms with Crippen molar-refractivity contribution in [1.82, 2.24) is 0 Å². The minimum Gasteiger partial charge on any atom is -0.369 e. The third-order valence-corrected chi connectivity index (χ3v) is 3.74. The molecule has 0 amide bonds. The Bertz CT molecular complexity index is 410. The Morgan fingerprint density at radius 3 is 2.30 bits per heavy atom. The lowest BCUT2D eigenvalue weighted by atomic mass is 9.99. The van der Waals surface area contributed by atoms with Crippen molar-refractivity contribution < 1.29 is 0 Å². The van der Waals surface area contributed by atoms with Gasteiger partial charge in [0.05, 0.1) is 0 Å². The van der Waals surface area contributed by atoms with Gasteiger partial charge in [-0.3, -0.25) is 0 Å². The maximum absolute atomic E-state index is 6.18. The highest BCUT2D eigenvalue weighted by Gasteiger charge is 2.17. The molecule has 2 nitrogen and oxygen atoms in total. The van der Waals surface area contributed by atoms with Crippen molar-refractivity contribution >= 4 is 5.69 Å². The standard InChI is InChI=1S/C18H32N2/c1-7-17(19)11-16-10-15(6)8-9-18(16)20(14(4)5)12-13(2)3/h8-10,13-14,17H,7,11-12,19H2,1-6H3. The Labute approximate surface area is 125 Å². The third kappa shape index (κ3) is 4.82. The number of benzene rings is 1. The number of nitrogens with two attached hydrogens (primary N) is 1. The molecule has 0 spiro atoms. The number of aryl methyl sites for hydroxylation is 1. The van der Waals surface area contributed by atoms with E-state index >= 15 is 0 Å². The average molecular weight is 276 g/mol. The first kappa shape index (κ1) is 17.0. The molecule has 0 aromatic heterocycles. The number of rotatable bonds is 7. The van der Waals surface area contributed by atoms with Crippen LogP contribution >= 0.6 is 0 Å². The molecular weight excluding hydrogens is 244 g/mol. The van der Waals surface area contributed by atoms with Gasteiger partial charge in [-0.05, 0) is 51.2 Å². The average Bonchev–Trinajstić information content (AvgIpc) is 2.36. The summed E-state index contributed by atoms with van der Waals surface area (Å²) in [4.78, 5) is 2.52. The van der Waals surface area contributed by atoms with Crippen LogP contribution in [0.15, 0.2) is 18.2 Å². The third-order valence-electron chi connectivity index (χ3n) is 3.74. The second-order valence-corrected chi connectivity index (χ2v) is 6.64. The van der Waals surface area contributed by atoms with E-state index in [1.165, 1.54) is 16.8 Å². The fourth-order valence-corrected chi connectivity index (χ4v) is 2.57. The van der Waals surface area contributed by atoms with Gasteiger partial charge in [-0.15, -0.1) is 0 Å². The van der Waals surface area contributed by atoms with Crippen LogP contribution in [0.5, 0.6) is 0 Å². The van der Waals surface area contributed by atoms with Crippen LogP contribution in [0.1, 0.15) is 52.2 Å². The molecule has 2 N–H and O–H groups in total. The van der Waals surface area contributed by atoms with Gasteiger partial charge in [0.2, 0.25) is 0 Å². The van der Waals surface area contributed by atoms with Gasteiger partial charge in [-0.25, -0.2) is 0 Å². The Morgan fingerprint density at radius 2 is 1.80 bits per heavy atom. The lowest BCUT2D eigenvalue weighted by Crippen LogP contribution is -2.35. The zero-order valence-corrected chi connectivity index (χ0v) is 14.1. The molecule has 0 saturated carbocycles. The van der Waals surface area contributed by atoms with Gasteiger partial charge in [-0.1, -0.05) is 38.5 Å². The number of hydrogen-bond donors (Lipinski definition) is 1. The normalized spacial score (nSPS) is 13.1. The van der Waals surface area contributed by atoms with E-state index in [-0.39, 0.29) is 6.04 Å². The maximum Gasteiger partial charge on any atom is 0.0401 e. The summed E-state index contributed by atoms with van der Waals surface area (Å²) in [5.41, 5.74) is 10.3. The van der Waals surface area contributed by atoms with Crippen LogP contribution in [0.4, 0.5) is 5.69 Å². The number of nitrogens with zero attached hydrogens (tertiary/aromatic N) is 1. The molecular formula is C18H32N2. The van der Waals surface area contributed by atoms with E-state index in [1.807, 2.05) is 0 Å².